The van der Waals surface area contributed by atoms with Crippen LogP contribution in [0.1, 0.15) is 45.2 Å². The molecule has 1 aromatic rings. The van der Waals surface area contributed by atoms with E-state index in [1.54, 1.807) is 0 Å². The molecule has 0 spiro atoms. The fourth-order valence-corrected chi connectivity index (χ4v) is 2.08. The zero-order chi connectivity index (χ0) is 14.4. The Kier molecular flexibility index (Phi) is 6.52. The summed E-state index contributed by atoms with van der Waals surface area (Å²) in [6, 6.07) is 8.01. The molecule has 2 unspecified atom stereocenters. The van der Waals surface area contributed by atoms with Crippen molar-refractivity contribution in [2.45, 2.75) is 45.7 Å². The molecule has 0 fully saturated rings. The molecule has 0 aromatic heterocycles. The Labute approximate surface area is 124 Å². The lowest BCUT2D eigenvalue weighted by atomic mass is 10.0. The first-order chi connectivity index (χ1) is 8.93. The van der Waals surface area contributed by atoms with Gasteiger partial charge in [0.25, 0.3) is 0 Å². The van der Waals surface area contributed by atoms with Crippen molar-refractivity contribution in [3.8, 4) is 0 Å². The molecule has 3 N–H and O–H groups in total. The van der Waals surface area contributed by atoms with Gasteiger partial charge < -0.3 is 11.1 Å². The number of amides is 1. The van der Waals surface area contributed by atoms with Crippen LogP contribution in [-0.2, 0) is 4.79 Å². The number of carbonyl (C=O) groups is 1. The standard InChI is InChI=1S/C15H23BrN2O/c1-4-14(11-5-7-12(16)8-6-11)18-15(19)9-13(17)10(2)3/h5-8,10,13-14H,4,9,17H2,1-3H3,(H,18,19). The maximum atomic E-state index is 12.0. The summed E-state index contributed by atoms with van der Waals surface area (Å²) in [4.78, 5) is 12.0. The van der Waals surface area contributed by atoms with Crippen molar-refractivity contribution < 1.29 is 4.79 Å². The third-order valence-corrected chi connectivity index (χ3v) is 3.82. The van der Waals surface area contributed by atoms with E-state index in [1.807, 2.05) is 38.1 Å². The Hall–Kier alpha value is -0.870. The van der Waals surface area contributed by atoms with Crippen LogP contribution in [0, 0.1) is 5.92 Å². The van der Waals surface area contributed by atoms with Crippen LogP contribution in [-0.4, -0.2) is 11.9 Å². The summed E-state index contributed by atoms with van der Waals surface area (Å²) >= 11 is 3.41. The molecular formula is C15H23BrN2O. The van der Waals surface area contributed by atoms with Crippen LogP contribution in [0.5, 0.6) is 0 Å². The molecule has 0 heterocycles. The fourth-order valence-electron chi connectivity index (χ4n) is 1.82. The van der Waals surface area contributed by atoms with Gasteiger partial charge in [0.05, 0.1) is 6.04 Å². The van der Waals surface area contributed by atoms with Gasteiger partial charge in [-0.3, -0.25) is 4.79 Å². The molecule has 0 bridgehead atoms. The third kappa shape index (κ3) is 5.33. The van der Waals surface area contributed by atoms with Crippen molar-refractivity contribution in [2.24, 2.45) is 11.7 Å². The molecule has 1 amide bonds. The van der Waals surface area contributed by atoms with E-state index in [1.165, 1.54) is 0 Å². The second kappa shape index (κ2) is 7.65. The van der Waals surface area contributed by atoms with Gasteiger partial charge in [0.2, 0.25) is 5.91 Å². The SMILES string of the molecule is CCC(NC(=O)CC(N)C(C)C)c1ccc(Br)cc1. The number of hydrogen-bond donors (Lipinski definition) is 2. The molecule has 4 heteroatoms. The second-order valence-electron chi connectivity index (χ2n) is 5.19. The van der Waals surface area contributed by atoms with E-state index in [4.69, 9.17) is 5.73 Å². The topological polar surface area (TPSA) is 55.1 Å². The summed E-state index contributed by atoms with van der Waals surface area (Å²) in [6.07, 6.45) is 1.25. The van der Waals surface area contributed by atoms with Gasteiger partial charge in [-0.2, -0.15) is 0 Å². The lowest BCUT2D eigenvalue weighted by molar-refractivity contribution is -0.122. The average Bonchev–Trinajstić information content (AvgIpc) is 2.37. The van der Waals surface area contributed by atoms with Crippen LogP contribution in [0.3, 0.4) is 0 Å². The molecule has 0 saturated heterocycles. The molecule has 3 nitrogen and oxygen atoms in total. The number of halogens is 1. The summed E-state index contributed by atoms with van der Waals surface area (Å²) < 4.78 is 1.04. The van der Waals surface area contributed by atoms with Crippen LogP contribution in [0.2, 0.25) is 0 Å². The number of carbonyl (C=O) groups excluding carboxylic acids is 1. The summed E-state index contributed by atoms with van der Waals surface area (Å²) in [6.45, 7) is 6.13. The lowest BCUT2D eigenvalue weighted by Gasteiger charge is -2.20. The minimum atomic E-state index is -0.0811. The van der Waals surface area contributed by atoms with Crippen molar-refractivity contribution in [1.82, 2.24) is 5.32 Å². The van der Waals surface area contributed by atoms with Crippen molar-refractivity contribution >= 4 is 21.8 Å². The van der Waals surface area contributed by atoms with E-state index >= 15 is 0 Å². The molecular weight excluding hydrogens is 304 g/mol. The average molecular weight is 327 g/mol. The molecule has 0 aliphatic rings. The maximum absolute atomic E-state index is 12.0. The Morgan fingerprint density at radius 1 is 1.32 bits per heavy atom. The first kappa shape index (κ1) is 16.2. The van der Waals surface area contributed by atoms with Gasteiger partial charge in [-0.05, 0) is 30.0 Å². The summed E-state index contributed by atoms with van der Waals surface area (Å²) in [5.74, 6) is 0.342. The van der Waals surface area contributed by atoms with Crippen molar-refractivity contribution in [3.05, 3.63) is 34.3 Å². The fraction of sp³-hybridized carbons (Fsp3) is 0.533. The highest BCUT2D eigenvalue weighted by atomic mass is 79.9. The number of nitrogens with two attached hydrogens (primary N) is 1. The third-order valence-electron chi connectivity index (χ3n) is 3.29. The molecule has 0 radical (unpaired) electrons. The Morgan fingerprint density at radius 3 is 2.37 bits per heavy atom. The number of benzene rings is 1. The van der Waals surface area contributed by atoms with Gasteiger partial charge in [-0.1, -0.05) is 48.8 Å². The molecule has 19 heavy (non-hydrogen) atoms. The highest BCUT2D eigenvalue weighted by Crippen LogP contribution is 2.19. The number of hydrogen-bond acceptors (Lipinski definition) is 2. The van der Waals surface area contributed by atoms with Gasteiger partial charge in [0.1, 0.15) is 0 Å². The minimum absolute atomic E-state index is 0.0240. The van der Waals surface area contributed by atoms with Crippen LogP contribution < -0.4 is 11.1 Å². The summed E-state index contributed by atoms with van der Waals surface area (Å²) in [5, 5.41) is 3.05. The highest BCUT2D eigenvalue weighted by molar-refractivity contribution is 9.10. The van der Waals surface area contributed by atoms with Crippen LogP contribution in [0.25, 0.3) is 0 Å². The van der Waals surface area contributed by atoms with Crippen molar-refractivity contribution in [1.29, 1.82) is 0 Å². The van der Waals surface area contributed by atoms with E-state index in [0.717, 1.165) is 16.5 Å². The largest absolute Gasteiger partial charge is 0.349 e. The van der Waals surface area contributed by atoms with Crippen LogP contribution in [0.4, 0.5) is 0 Å². The second-order valence-corrected chi connectivity index (χ2v) is 6.11. The van der Waals surface area contributed by atoms with E-state index in [-0.39, 0.29) is 18.0 Å². The van der Waals surface area contributed by atoms with E-state index in [0.29, 0.717) is 12.3 Å². The summed E-state index contributed by atoms with van der Waals surface area (Å²) in [5.41, 5.74) is 7.05. The molecule has 0 aliphatic heterocycles. The molecule has 1 aromatic carbocycles. The monoisotopic (exact) mass is 326 g/mol. The van der Waals surface area contributed by atoms with Gasteiger partial charge in [-0.25, -0.2) is 0 Å². The molecule has 106 valence electrons. The van der Waals surface area contributed by atoms with Gasteiger partial charge in [0, 0.05) is 16.9 Å². The Bertz CT molecular complexity index is 403. The maximum Gasteiger partial charge on any atom is 0.222 e. The van der Waals surface area contributed by atoms with E-state index in [2.05, 4.69) is 28.2 Å². The zero-order valence-corrected chi connectivity index (χ0v) is 13.4. The number of nitrogens with one attached hydrogen (secondary N) is 1. The molecule has 0 aliphatic carbocycles. The zero-order valence-electron chi connectivity index (χ0n) is 11.8. The molecule has 1 rings (SSSR count). The predicted octanol–water partition coefficient (Wildman–Crippen LogP) is 3.39. The van der Waals surface area contributed by atoms with Crippen LogP contribution in [0.15, 0.2) is 28.7 Å². The van der Waals surface area contributed by atoms with Gasteiger partial charge >= 0.3 is 0 Å². The van der Waals surface area contributed by atoms with Crippen molar-refractivity contribution in [2.75, 3.05) is 0 Å². The van der Waals surface area contributed by atoms with Gasteiger partial charge in [-0.15, -0.1) is 0 Å². The van der Waals surface area contributed by atoms with E-state index in [9.17, 15) is 4.79 Å². The quantitative estimate of drug-likeness (QED) is 0.841. The summed E-state index contributed by atoms with van der Waals surface area (Å²) in [7, 11) is 0. The predicted molar refractivity (Wildman–Crippen MR) is 82.7 cm³/mol. The Morgan fingerprint density at radius 2 is 1.89 bits per heavy atom. The normalized spacial score (nSPS) is 14.2. The first-order valence-corrected chi connectivity index (χ1v) is 7.53. The van der Waals surface area contributed by atoms with Crippen LogP contribution >= 0.6 is 15.9 Å². The minimum Gasteiger partial charge on any atom is -0.349 e. The van der Waals surface area contributed by atoms with E-state index < -0.39 is 0 Å². The smallest absolute Gasteiger partial charge is 0.222 e. The Balaban J connectivity index is 2.62. The lowest BCUT2D eigenvalue weighted by Crippen LogP contribution is -2.36. The molecule has 0 saturated carbocycles. The first-order valence-electron chi connectivity index (χ1n) is 6.74. The van der Waals surface area contributed by atoms with Gasteiger partial charge in [0.15, 0.2) is 0 Å². The number of rotatable bonds is 6. The molecule has 2 atom stereocenters. The van der Waals surface area contributed by atoms with Crippen molar-refractivity contribution in [3.63, 3.8) is 0 Å². The highest BCUT2D eigenvalue weighted by Gasteiger charge is 2.16.